The van der Waals surface area contributed by atoms with Gasteiger partial charge in [-0.2, -0.15) is 0 Å². The third-order valence-electron chi connectivity index (χ3n) is 9.16. The molecule has 0 aliphatic carbocycles. The summed E-state index contributed by atoms with van der Waals surface area (Å²) in [5, 5.41) is 134. The second kappa shape index (κ2) is 20.3. The third kappa shape index (κ3) is 9.71. The van der Waals surface area contributed by atoms with Gasteiger partial charge in [-0.05, 0) is 0 Å². The van der Waals surface area contributed by atoms with Gasteiger partial charge in [0.15, 0.2) is 25.2 Å². The van der Waals surface area contributed by atoms with Crippen molar-refractivity contribution in [1.82, 2.24) is 0 Å². The second-order valence-electron chi connectivity index (χ2n) is 12.5. The molecule has 20 atom stereocenters. The monoisotopic (exact) mass is 768 g/mol. The van der Waals surface area contributed by atoms with Crippen molar-refractivity contribution in [2.75, 3.05) is 60.0 Å². The first-order chi connectivity index (χ1) is 24.9. The van der Waals surface area contributed by atoms with Crippen molar-refractivity contribution < 1.29 is 114 Å². The van der Waals surface area contributed by atoms with Crippen LogP contribution in [-0.4, -0.2) is 249 Å². The highest BCUT2D eigenvalue weighted by atomic mass is 16.8. The standard InChI is InChI=1S/C29H52O23/c1-43-21-10(6-32)48-29(25(20(21)41)45-5-3-31)52-23-12(8-34)47-27(18(39)15(23)36)51-24-13(9-44-4-2-30)49-28(19(40)16(24)37)50-22-11(7-33)46-26(42)17(38)14(22)35/h10-42H,2-9H2,1H3/t10?,11?,12?,13?,14-,15-,16-,17?,18?,19?,20+,21-,22-,23-,24-,25?,26-,27+,28+,29+/m0/s1. The zero-order valence-corrected chi connectivity index (χ0v) is 28.1. The van der Waals surface area contributed by atoms with Gasteiger partial charge in [0.05, 0.1) is 52.9 Å². The highest BCUT2D eigenvalue weighted by Crippen LogP contribution is 2.35. The quantitative estimate of drug-likeness (QED) is 0.0611. The van der Waals surface area contributed by atoms with Crippen LogP contribution in [-0.2, 0) is 47.4 Å². The number of methoxy groups -OCH3 is 1. The number of aliphatic hydroxyl groups is 13. The Kier molecular flexibility index (Phi) is 17.1. The molecular weight excluding hydrogens is 716 g/mol. The fourth-order valence-corrected chi connectivity index (χ4v) is 6.43. The van der Waals surface area contributed by atoms with E-state index in [0.717, 1.165) is 0 Å². The highest BCUT2D eigenvalue weighted by molar-refractivity contribution is 4.98. The molecule has 0 bridgehead atoms. The van der Waals surface area contributed by atoms with Crippen LogP contribution in [0.5, 0.6) is 0 Å². The molecule has 4 aliphatic rings. The molecule has 0 radical (unpaired) electrons. The molecule has 0 spiro atoms. The first-order valence-electron chi connectivity index (χ1n) is 16.7. The molecule has 23 heteroatoms. The number of aliphatic hydroxyl groups excluding tert-OH is 13. The maximum Gasteiger partial charge on any atom is 0.187 e. The average molecular weight is 769 g/mol. The normalized spacial score (nSPS) is 47.4. The van der Waals surface area contributed by atoms with Gasteiger partial charge in [-0.3, -0.25) is 0 Å². The SMILES string of the molecule is CO[C@H]1C(CO)O[C@H](O[C@H]2C(CO)O[C@H](O[C@H]3C(COCCO)O[C@H](O[C@H]4C(CO)O[C@H](O)C(O)[C@@H]4O)C(O)[C@@H]3O)C(O)[C@@H]2O)C(OCCO)[C@@H]1O. The summed E-state index contributed by atoms with van der Waals surface area (Å²) in [5.74, 6) is 0. The summed E-state index contributed by atoms with van der Waals surface area (Å²) in [6, 6.07) is 0. The molecule has 4 fully saturated rings. The molecule has 0 aromatic heterocycles. The molecule has 8 unspecified atom stereocenters. The lowest BCUT2D eigenvalue weighted by Crippen LogP contribution is -2.67. The van der Waals surface area contributed by atoms with Crippen LogP contribution in [0.25, 0.3) is 0 Å². The molecule has 0 aromatic carbocycles. The molecule has 306 valence electrons. The largest absolute Gasteiger partial charge is 0.394 e. The predicted octanol–water partition coefficient (Wildman–Crippen LogP) is -9.06. The van der Waals surface area contributed by atoms with E-state index in [1.54, 1.807) is 0 Å². The van der Waals surface area contributed by atoms with Gasteiger partial charge in [0.1, 0.15) is 97.7 Å². The summed E-state index contributed by atoms with van der Waals surface area (Å²) < 4.78 is 55.6. The highest BCUT2D eigenvalue weighted by Gasteiger charge is 2.55. The van der Waals surface area contributed by atoms with E-state index in [1.165, 1.54) is 7.11 Å². The first-order valence-corrected chi connectivity index (χ1v) is 16.7. The Bertz CT molecular complexity index is 1030. The molecule has 0 saturated carbocycles. The van der Waals surface area contributed by atoms with Gasteiger partial charge in [0.25, 0.3) is 0 Å². The van der Waals surface area contributed by atoms with Crippen molar-refractivity contribution in [2.45, 2.75) is 123 Å². The first kappa shape index (κ1) is 43.8. The fraction of sp³-hybridized carbons (Fsp3) is 1.00. The fourth-order valence-electron chi connectivity index (χ4n) is 6.43. The van der Waals surface area contributed by atoms with Crippen molar-refractivity contribution in [3.8, 4) is 0 Å². The van der Waals surface area contributed by atoms with Crippen molar-refractivity contribution in [3.05, 3.63) is 0 Å². The van der Waals surface area contributed by atoms with Crippen LogP contribution in [0.1, 0.15) is 0 Å². The smallest absolute Gasteiger partial charge is 0.187 e. The van der Waals surface area contributed by atoms with E-state index in [0.29, 0.717) is 0 Å². The van der Waals surface area contributed by atoms with E-state index >= 15 is 0 Å². The minimum atomic E-state index is -2.00. The number of hydrogen-bond donors (Lipinski definition) is 13. The summed E-state index contributed by atoms with van der Waals surface area (Å²) in [6.07, 6.45) is -32.9. The van der Waals surface area contributed by atoms with Crippen LogP contribution >= 0.6 is 0 Å². The van der Waals surface area contributed by atoms with Crippen molar-refractivity contribution in [3.63, 3.8) is 0 Å². The number of ether oxygens (including phenoxy) is 10. The minimum Gasteiger partial charge on any atom is -0.394 e. The van der Waals surface area contributed by atoms with E-state index < -0.39 is 162 Å². The molecule has 0 aromatic rings. The van der Waals surface area contributed by atoms with Crippen molar-refractivity contribution in [2.24, 2.45) is 0 Å². The van der Waals surface area contributed by atoms with Crippen LogP contribution in [0.2, 0.25) is 0 Å². The summed E-state index contributed by atoms with van der Waals surface area (Å²) in [5.41, 5.74) is 0. The molecule has 4 saturated heterocycles. The van der Waals surface area contributed by atoms with Gasteiger partial charge in [-0.25, -0.2) is 0 Å². The van der Waals surface area contributed by atoms with E-state index in [1.807, 2.05) is 0 Å². The van der Waals surface area contributed by atoms with E-state index in [-0.39, 0.29) is 13.2 Å². The van der Waals surface area contributed by atoms with Gasteiger partial charge in [0, 0.05) is 7.11 Å². The Balaban J connectivity index is 1.50. The van der Waals surface area contributed by atoms with Gasteiger partial charge in [0.2, 0.25) is 0 Å². The van der Waals surface area contributed by atoms with E-state index in [2.05, 4.69) is 0 Å². The average Bonchev–Trinajstić information content (AvgIpc) is 3.14. The summed E-state index contributed by atoms with van der Waals surface area (Å²) >= 11 is 0. The lowest BCUT2D eigenvalue weighted by Gasteiger charge is -2.49. The second-order valence-corrected chi connectivity index (χ2v) is 12.5. The Morgan fingerprint density at radius 3 is 1.40 bits per heavy atom. The zero-order valence-electron chi connectivity index (χ0n) is 28.1. The lowest BCUT2D eigenvalue weighted by molar-refractivity contribution is -0.389. The van der Waals surface area contributed by atoms with Gasteiger partial charge >= 0.3 is 0 Å². The van der Waals surface area contributed by atoms with Crippen LogP contribution in [0.4, 0.5) is 0 Å². The molecule has 4 aliphatic heterocycles. The van der Waals surface area contributed by atoms with Crippen LogP contribution in [0.15, 0.2) is 0 Å². The zero-order chi connectivity index (χ0) is 38.3. The third-order valence-corrected chi connectivity index (χ3v) is 9.16. The van der Waals surface area contributed by atoms with E-state index in [4.69, 9.17) is 47.4 Å². The van der Waals surface area contributed by atoms with Gasteiger partial charge < -0.3 is 114 Å². The summed E-state index contributed by atoms with van der Waals surface area (Å²) in [7, 11) is 1.25. The maximum atomic E-state index is 11.2. The molecule has 13 N–H and O–H groups in total. The molecular formula is C29H52O23. The lowest BCUT2D eigenvalue weighted by atomic mass is 9.95. The Hall–Kier alpha value is -0.920. The Morgan fingerprint density at radius 2 is 0.885 bits per heavy atom. The molecule has 4 rings (SSSR count). The van der Waals surface area contributed by atoms with Crippen molar-refractivity contribution in [1.29, 1.82) is 0 Å². The van der Waals surface area contributed by atoms with Crippen LogP contribution in [0.3, 0.4) is 0 Å². The van der Waals surface area contributed by atoms with Crippen LogP contribution < -0.4 is 0 Å². The summed E-state index contributed by atoms with van der Waals surface area (Å²) in [4.78, 5) is 0. The number of hydrogen-bond acceptors (Lipinski definition) is 23. The summed E-state index contributed by atoms with van der Waals surface area (Å²) in [6.45, 7) is -4.15. The Morgan fingerprint density at radius 1 is 0.442 bits per heavy atom. The maximum absolute atomic E-state index is 11.2. The molecule has 23 nitrogen and oxygen atoms in total. The molecule has 4 heterocycles. The predicted molar refractivity (Wildman–Crippen MR) is 160 cm³/mol. The molecule has 52 heavy (non-hydrogen) atoms. The van der Waals surface area contributed by atoms with Crippen molar-refractivity contribution >= 4 is 0 Å². The Labute approximate surface area is 296 Å². The topological polar surface area (TPSA) is 355 Å². The van der Waals surface area contributed by atoms with Gasteiger partial charge in [-0.15, -0.1) is 0 Å². The van der Waals surface area contributed by atoms with E-state index in [9.17, 15) is 66.4 Å². The molecule has 0 amide bonds. The van der Waals surface area contributed by atoms with Gasteiger partial charge in [-0.1, -0.05) is 0 Å². The number of rotatable bonds is 17. The minimum absolute atomic E-state index is 0.224. The van der Waals surface area contributed by atoms with Crippen LogP contribution in [0, 0.1) is 0 Å².